The van der Waals surface area contributed by atoms with Crippen molar-refractivity contribution in [1.82, 2.24) is 15.3 Å². The summed E-state index contributed by atoms with van der Waals surface area (Å²) >= 11 is 0. The predicted molar refractivity (Wildman–Crippen MR) is 105 cm³/mol. The summed E-state index contributed by atoms with van der Waals surface area (Å²) in [6.45, 7) is 3.82. The van der Waals surface area contributed by atoms with Crippen molar-refractivity contribution in [3.05, 3.63) is 70.9 Å². The van der Waals surface area contributed by atoms with Crippen molar-refractivity contribution in [3.63, 3.8) is 0 Å². The Bertz CT molecular complexity index is 983. The van der Waals surface area contributed by atoms with E-state index in [9.17, 15) is 9.90 Å². The van der Waals surface area contributed by atoms with E-state index in [0.29, 0.717) is 11.3 Å². The number of hydroxylamine groups is 1. The largest absolute Gasteiger partial charge is 0.436 e. The topological polar surface area (TPSA) is 85.6 Å². The summed E-state index contributed by atoms with van der Waals surface area (Å²) in [7, 11) is 3.10. The van der Waals surface area contributed by atoms with E-state index in [0.717, 1.165) is 22.4 Å². The highest BCUT2D eigenvalue weighted by Crippen LogP contribution is 2.35. The summed E-state index contributed by atoms with van der Waals surface area (Å²) < 4.78 is 6.95. The van der Waals surface area contributed by atoms with Crippen LogP contribution in [0.2, 0.25) is 0 Å². The van der Waals surface area contributed by atoms with Crippen LogP contribution in [0.4, 0.5) is 4.79 Å². The first-order chi connectivity index (χ1) is 13.4. The van der Waals surface area contributed by atoms with Crippen molar-refractivity contribution >= 4 is 6.09 Å². The van der Waals surface area contributed by atoms with Crippen molar-refractivity contribution in [2.45, 2.75) is 20.0 Å². The fourth-order valence-corrected chi connectivity index (χ4v) is 3.22. The Morgan fingerprint density at radius 1 is 1.18 bits per heavy atom. The first-order valence-electron chi connectivity index (χ1n) is 8.80. The predicted octanol–water partition coefficient (Wildman–Crippen LogP) is 3.44. The van der Waals surface area contributed by atoms with Gasteiger partial charge in [0.05, 0.1) is 18.5 Å². The van der Waals surface area contributed by atoms with Gasteiger partial charge in [-0.15, -0.1) is 0 Å². The lowest BCUT2D eigenvalue weighted by Gasteiger charge is -2.17. The summed E-state index contributed by atoms with van der Waals surface area (Å²) in [4.78, 5) is 16.3. The Morgan fingerprint density at radius 3 is 2.57 bits per heavy atom. The first-order valence-corrected chi connectivity index (χ1v) is 8.80. The van der Waals surface area contributed by atoms with Gasteiger partial charge in [0, 0.05) is 23.7 Å². The molecule has 3 rings (SSSR count). The first kappa shape index (κ1) is 19.6. The van der Waals surface area contributed by atoms with E-state index < -0.39 is 12.2 Å². The number of hydrogen-bond donors (Lipinski definition) is 2. The molecule has 1 aromatic heterocycles. The normalized spacial score (nSPS) is 11.9. The summed E-state index contributed by atoms with van der Waals surface area (Å²) in [6.07, 6.45) is -1.80. The molecule has 146 valence electrons. The monoisotopic (exact) mass is 381 g/mol. The molecule has 1 heterocycles. The zero-order valence-electron chi connectivity index (χ0n) is 16.3. The third kappa shape index (κ3) is 3.90. The SMILES string of the molecule is CONC(=O)Oc1ccc(C)cc1C(O)c1c(C)c(-c2ccccc2)nn1C. The molecule has 7 heteroatoms. The van der Waals surface area contributed by atoms with Crippen molar-refractivity contribution in [2.24, 2.45) is 7.05 Å². The molecule has 1 unspecified atom stereocenters. The molecule has 0 aliphatic rings. The van der Waals surface area contributed by atoms with Crippen LogP contribution in [-0.2, 0) is 11.9 Å². The maximum atomic E-state index is 11.8. The highest BCUT2D eigenvalue weighted by atomic mass is 16.7. The number of ether oxygens (including phenoxy) is 1. The van der Waals surface area contributed by atoms with Crippen LogP contribution in [0, 0.1) is 13.8 Å². The lowest BCUT2D eigenvalue weighted by Crippen LogP contribution is -2.26. The number of carbonyl (C=O) groups excluding carboxylic acids is 1. The van der Waals surface area contributed by atoms with Crippen LogP contribution in [0.3, 0.4) is 0 Å². The molecule has 3 aromatic rings. The number of nitrogens with one attached hydrogen (secondary N) is 1. The number of amides is 1. The number of rotatable bonds is 5. The number of aliphatic hydroxyl groups is 1. The van der Waals surface area contributed by atoms with Crippen LogP contribution in [0.15, 0.2) is 48.5 Å². The van der Waals surface area contributed by atoms with E-state index in [1.807, 2.05) is 44.2 Å². The van der Waals surface area contributed by atoms with E-state index >= 15 is 0 Å². The minimum atomic E-state index is -1.03. The van der Waals surface area contributed by atoms with Gasteiger partial charge in [-0.3, -0.25) is 9.52 Å². The second-order valence-corrected chi connectivity index (χ2v) is 6.49. The van der Waals surface area contributed by atoms with Crippen LogP contribution in [0.25, 0.3) is 11.3 Å². The number of aliphatic hydroxyl groups excluding tert-OH is 1. The highest BCUT2D eigenvalue weighted by Gasteiger charge is 2.25. The van der Waals surface area contributed by atoms with Gasteiger partial charge in [0.25, 0.3) is 0 Å². The molecule has 2 N–H and O–H groups in total. The molecule has 28 heavy (non-hydrogen) atoms. The lowest BCUT2D eigenvalue weighted by molar-refractivity contribution is 0.0838. The van der Waals surface area contributed by atoms with Gasteiger partial charge in [0.15, 0.2) is 0 Å². The Hall–Kier alpha value is -3.16. The molecule has 0 saturated carbocycles. The van der Waals surface area contributed by atoms with Gasteiger partial charge < -0.3 is 9.84 Å². The Morgan fingerprint density at radius 2 is 1.89 bits per heavy atom. The molecule has 0 radical (unpaired) electrons. The zero-order valence-corrected chi connectivity index (χ0v) is 16.3. The Balaban J connectivity index is 2.03. The minimum Gasteiger partial charge on any atom is -0.408 e. The molecule has 7 nitrogen and oxygen atoms in total. The van der Waals surface area contributed by atoms with Gasteiger partial charge in [-0.05, 0) is 26.0 Å². The van der Waals surface area contributed by atoms with Gasteiger partial charge in [-0.25, -0.2) is 4.79 Å². The van der Waals surface area contributed by atoms with Crippen LogP contribution in [-0.4, -0.2) is 28.1 Å². The maximum absolute atomic E-state index is 11.8. The highest BCUT2D eigenvalue weighted by molar-refractivity contribution is 5.70. The van der Waals surface area contributed by atoms with Gasteiger partial charge in [0.2, 0.25) is 0 Å². The molecular formula is C21H23N3O4. The van der Waals surface area contributed by atoms with E-state index in [1.165, 1.54) is 7.11 Å². The summed E-state index contributed by atoms with van der Waals surface area (Å²) in [5.74, 6) is 0.245. The number of aryl methyl sites for hydroxylation is 2. The second kappa shape index (κ2) is 8.24. The quantitative estimate of drug-likeness (QED) is 0.662. The summed E-state index contributed by atoms with van der Waals surface area (Å²) in [5.41, 5.74) is 6.74. The van der Waals surface area contributed by atoms with E-state index in [1.54, 1.807) is 29.9 Å². The van der Waals surface area contributed by atoms with Gasteiger partial charge >= 0.3 is 6.09 Å². The van der Waals surface area contributed by atoms with Crippen LogP contribution < -0.4 is 10.2 Å². The minimum absolute atomic E-state index is 0.245. The average Bonchev–Trinajstić information content (AvgIpc) is 2.98. The third-order valence-corrected chi connectivity index (χ3v) is 4.49. The van der Waals surface area contributed by atoms with Gasteiger partial charge in [-0.2, -0.15) is 10.6 Å². The fraction of sp³-hybridized carbons (Fsp3) is 0.238. The van der Waals surface area contributed by atoms with Crippen molar-refractivity contribution < 1.29 is 19.5 Å². The van der Waals surface area contributed by atoms with Crippen molar-refractivity contribution in [1.29, 1.82) is 0 Å². The molecule has 0 spiro atoms. The molecule has 0 fully saturated rings. The molecule has 2 aromatic carbocycles. The number of carbonyl (C=O) groups is 1. The number of aromatic nitrogens is 2. The van der Waals surface area contributed by atoms with Crippen molar-refractivity contribution in [3.8, 4) is 17.0 Å². The average molecular weight is 381 g/mol. The van der Waals surface area contributed by atoms with Crippen molar-refractivity contribution in [2.75, 3.05) is 7.11 Å². The maximum Gasteiger partial charge on any atom is 0.436 e. The Labute approximate surface area is 163 Å². The van der Waals surface area contributed by atoms with E-state index in [4.69, 9.17) is 4.74 Å². The molecule has 0 aliphatic carbocycles. The van der Waals surface area contributed by atoms with Crippen LogP contribution >= 0.6 is 0 Å². The molecule has 0 saturated heterocycles. The third-order valence-electron chi connectivity index (χ3n) is 4.49. The number of nitrogens with zero attached hydrogens (tertiary/aromatic N) is 2. The molecule has 1 amide bonds. The van der Waals surface area contributed by atoms with E-state index in [2.05, 4.69) is 15.4 Å². The smallest absolute Gasteiger partial charge is 0.408 e. The summed E-state index contributed by atoms with van der Waals surface area (Å²) in [6, 6.07) is 15.0. The van der Waals surface area contributed by atoms with Gasteiger partial charge in [-0.1, -0.05) is 42.0 Å². The molecule has 0 bridgehead atoms. The zero-order chi connectivity index (χ0) is 20.3. The summed E-state index contributed by atoms with van der Waals surface area (Å²) in [5, 5.41) is 15.7. The fourth-order valence-electron chi connectivity index (χ4n) is 3.22. The second-order valence-electron chi connectivity index (χ2n) is 6.49. The molecule has 0 aliphatic heterocycles. The molecular weight excluding hydrogens is 358 g/mol. The number of benzene rings is 2. The number of hydrogen-bond acceptors (Lipinski definition) is 5. The van der Waals surface area contributed by atoms with Gasteiger partial charge in [0.1, 0.15) is 11.9 Å². The van der Waals surface area contributed by atoms with E-state index in [-0.39, 0.29) is 5.75 Å². The molecule has 1 atom stereocenters. The van der Waals surface area contributed by atoms with Crippen LogP contribution in [0.5, 0.6) is 5.75 Å². The standard InChI is InChI=1S/C21H23N3O4/c1-13-10-11-17(28-21(26)23-27-4)16(12-13)20(25)19-14(2)18(22-24(19)3)15-8-6-5-7-9-15/h5-12,20,25H,1-4H3,(H,23,26). The van der Waals surface area contributed by atoms with Crippen LogP contribution in [0.1, 0.15) is 28.5 Å². The lowest BCUT2D eigenvalue weighted by atomic mass is 9.98. The Kier molecular flexibility index (Phi) is 5.77.